The van der Waals surface area contributed by atoms with Crippen LogP contribution in [-0.2, 0) is 6.54 Å². The zero-order valence-electron chi connectivity index (χ0n) is 10.9. The van der Waals surface area contributed by atoms with Gasteiger partial charge in [0.15, 0.2) is 0 Å². The third kappa shape index (κ3) is 5.10. The highest BCUT2D eigenvalue weighted by atomic mass is 32.1. The van der Waals surface area contributed by atoms with E-state index >= 15 is 0 Å². The van der Waals surface area contributed by atoms with Gasteiger partial charge in [-0.1, -0.05) is 13.8 Å². The van der Waals surface area contributed by atoms with Gasteiger partial charge in [0.05, 0.1) is 0 Å². The molecule has 0 spiro atoms. The van der Waals surface area contributed by atoms with E-state index < -0.39 is 0 Å². The molecule has 1 aromatic heterocycles. The largest absolute Gasteiger partial charge is 0.313 e. The topological polar surface area (TPSA) is 15.3 Å². The number of thiophene rings is 1. The van der Waals surface area contributed by atoms with Gasteiger partial charge in [0.1, 0.15) is 0 Å². The summed E-state index contributed by atoms with van der Waals surface area (Å²) in [4.78, 5) is 2.36. The molecule has 0 saturated carbocycles. The van der Waals surface area contributed by atoms with E-state index in [4.69, 9.17) is 0 Å². The Morgan fingerprint density at radius 1 is 1.38 bits per heavy atom. The fraction of sp³-hybridized carbons (Fsp3) is 0.692. The summed E-state index contributed by atoms with van der Waals surface area (Å²) in [6.45, 7) is 10.00. The smallest absolute Gasteiger partial charge is 0.0239 e. The summed E-state index contributed by atoms with van der Waals surface area (Å²) < 4.78 is 0. The lowest BCUT2D eigenvalue weighted by molar-refractivity contribution is 0.309. The van der Waals surface area contributed by atoms with Gasteiger partial charge in [-0.05, 0) is 42.3 Å². The second kappa shape index (κ2) is 7.05. The molecule has 0 radical (unpaired) electrons. The van der Waals surface area contributed by atoms with Crippen molar-refractivity contribution in [2.24, 2.45) is 5.92 Å². The molecule has 0 saturated heterocycles. The Bertz CT molecular complexity index is 269. The molecule has 1 rings (SSSR count). The Morgan fingerprint density at radius 2 is 2.12 bits per heavy atom. The molecule has 0 aliphatic rings. The molecule has 0 aliphatic heterocycles. The molecule has 3 heteroatoms. The lowest BCUT2D eigenvalue weighted by atomic mass is 10.1. The molecule has 1 heterocycles. The summed E-state index contributed by atoms with van der Waals surface area (Å²) in [7, 11) is 2.18. The predicted octanol–water partition coefficient (Wildman–Crippen LogP) is 2.81. The minimum absolute atomic E-state index is 0.606. The molecule has 16 heavy (non-hydrogen) atoms. The maximum atomic E-state index is 3.55. The van der Waals surface area contributed by atoms with Gasteiger partial charge < -0.3 is 10.2 Å². The van der Waals surface area contributed by atoms with E-state index in [9.17, 15) is 0 Å². The van der Waals surface area contributed by atoms with E-state index in [0.717, 1.165) is 19.6 Å². The number of nitrogens with zero attached hydrogens (tertiary/aromatic N) is 1. The lowest BCUT2D eigenvalue weighted by Gasteiger charge is -2.21. The fourth-order valence-electron chi connectivity index (χ4n) is 1.49. The van der Waals surface area contributed by atoms with Crippen molar-refractivity contribution in [2.45, 2.75) is 33.4 Å². The molecular weight excluding hydrogens is 216 g/mol. The molecule has 0 aliphatic carbocycles. The summed E-state index contributed by atoms with van der Waals surface area (Å²) in [6.07, 6.45) is 0. The maximum Gasteiger partial charge on any atom is 0.0239 e. The molecule has 1 aromatic rings. The summed E-state index contributed by atoms with van der Waals surface area (Å²) in [5, 5.41) is 7.92. The van der Waals surface area contributed by atoms with Crippen molar-refractivity contribution in [1.29, 1.82) is 0 Å². The zero-order valence-corrected chi connectivity index (χ0v) is 11.7. The van der Waals surface area contributed by atoms with Crippen molar-refractivity contribution in [3.63, 3.8) is 0 Å². The van der Waals surface area contributed by atoms with Crippen LogP contribution in [0.2, 0.25) is 0 Å². The number of hydrogen-bond acceptors (Lipinski definition) is 3. The summed E-state index contributed by atoms with van der Waals surface area (Å²) >= 11 is 1.77. The molecule has 2 nitrogen and oxygen atoms in total. The van der Waals surface area contributed by atoms with Crippen molar-refractivity contribution < 1.29 is 0 Å². The minimum Gasteiger partial charge on any atom is -0.313 e. The SMILES string of the molecule is CC(C)C(C)NCCN(C)Cc1ccsc1. The average Bonchev–Trinajstić information content (AvgIpc) is 2.70. The highest BCUT2D eigenvalue weighted by molar-refractivity contribution is 7.07. The highest BCUT2D eigenvalue weighted by Gasteiger charge is 2.06. The molecule has 0 amide bonds. The Labute approximate surface area is 104 Å². The van der Waals surface area contributed by atoms with E-state index in [1.165, 1.54) is 5.56 Å². The van der Waals surface area contributed by atoms with Gasteiger partial charge >= 0.3 is 0 Å². The number of rotatable bonds is 7. The van der Waals surface area contributed by atoms with Crippen LogP contribution in [0.3, 0.4) is 0 Å². The van der Waals surface area contributed by atoms with E-state index in [1.807, 2.05) is 0 Å². The van der Waals surface area contributed by atoms with Gasteiger partial charge in [-0.15, -0.1) is 0 Å². The second-order valence-corrected chi connectivity index (χ2v) is 5.64. The summed E-state index contributed by atoms with van der Waals surface area (Å²) in [5.41, 5.74) is 1.42. The molecule has 1 unspecified atom stereocenters. The van der Waals surface area contributed by atoms with Crippen molar-refractivity contribution in [1.82, 2.24) is 10.2 Å². The van der Waals surface area contributed by atoms with Gasteiger partial charge in [-0.25, -0.2) is 0 Å². The standard InChI is InChI=1S/C13H24N2S/c1-11(2)12(3)14-6-7-15(4)9-13-5-8-16-10-13/h5,8,10-12,14H,6-7,9H2,1-4H3. The van der Waals surface area contributed by atoms with Crippen molar-refractivity contribution in [3.8, 4) is 0 Å². The number of nitrogens with one attached hydrogen (secondary N) is 1. The molecular formula is C13H24N2S. The van der Waals surface area contributed by atoms with Crippen LogP contribution >= 0.6 is 11.3 Å². The van der Waals surface area contributed by atoms with Crippen LogP contribution in [-0.4, -0.2) is 31.1 Å². The van der Waals surface area contributed by atoms with Crippen LogP contribution in [0.5, 0.6) is 0 Å². The Morgan fingerprint density at radius 3 is 2.69 bits per heavy atom. The first-order valence-corrected chi connectivity index (χ1v) is 6.97. The minimum atomic E-state index is 0.606. The maximum absolute atomic E-state index is 3.55. The van der Waals surface area contributed by atoms with Gasteiger partial charge in [0.25, 0.3) is 0 Å². The monoisotopic (exact) mass is 240 g/mol. The average molecular weight is 240 g/mol. The highest BCUT2D eigenvalue weighted by Crippen LogP contribution is 2.07. The Balaban J connectivity index is 2.13. The Kier molecular flexibility index (Phi) is 6.03. The van der Waals surface area contributed by atoms with Crippen LogP contribution in [0.25, 0.3) is 0 Å². The van der Waals surface area contributed by atoms with E-state index in [2.05, 4.69) is 54.9 Å². The van der Waals surface area contributed by atoms with Crippen LogP contribution < -0.4 is 5.32 Å². The third-order valence-electron chi connectivity index (χ3n) is 2.99. The van der Waals surface area contributed by atoms with Crippen molar-refractivity contribution >= 4 is 11.3 Å². The predicted molar refractivity (Wildman–Crippen MR) is 73.0 cm³/mol. The molecule has 0 aromatic carbocycles. The van der Waals surface area contributed by atoms with Crippen molar-refractivity contribution in [3.05, 3.63) is 22.4 Å². The first-order chi connectivity index (χ1) is 7.59. The van der Waals surface area contributed by atoms with Gasteiger partial charge in [-0.3, -0.25) is 0 Å². The van der Waals surface area contributed by atoms with Crippen molar-refractivity contribution in [2.75, 3.05) is 20.1 Å². The Hall–Kier alpha value is -0.380. The lowest BCUT2D eigenvalue weighted by Crippen LogP contribution is -2.36. The molecule has 92 valence electrons. The number of hydrogen-bond donors (Lipinski definition) is 1. The first kappa shape index (κ1) is 13.7. The molecule has 0 fully saturated rings. The number of likely N-dealkylation sites (N-methyl/N-ethyl adjacent to an activating group) is 1. The van der Waals surface area contributed by atoms with Gasteiger partial charge in [-0.2, -0.15) is 11.3 Å². The van der Waals surface area contributed by atoms with Gasteiger partial charge in [0, 0.05) is 25.7 Å². The van der Waals surface area contributed by atoms with Crippen LogP contribution in [0.1, 0.15) is 26.3 Å². The third-order valence-corrected chi connectivity index (χ3v) is 3.72. The zero-order chi connectivity index (χ0) is 12.0. The molecule has 0 bridgehead atoms. The van der Waals surface area contributed by atoms with Crippen LogP contribution in [0.15, 0.2) is 16.8 Å². The van der Waals surface area contributed by atoms with Crippen LogP contribution in [0.4, 0.5) is 0 Å². The summed E-state index contributed by atoms with van der Waals surface area (Å²) in [5.74, 6) is 0.710. The first-order valence-electron chi connectivity index (χ1n) is 6.02. The second-order valence-electron chi connectivity index (χ2n) is 4.86. The molecule has 1 N–H and O–H groups in total. The van der Waals surface area contributed by atoms with E-state index in [0.29, 0.717) is 12.0 Å². The van der Waals surface area contributed by atoms with E-state index in [-0.39, 0.29) is 0 Å². The summed E-state index contributed by atoms with van der Waals surface area (Å²) in [6, 6.07) is 2.81. The van der Waals surface area contributed by atoms with Gasteiger partial charge in [0.2, 0.25) is 0 Å². The quantitative estimate of drug-likeness (QED) is 0.788. The fourth-order valence-corrected chi connectivity index (χ4v) is 2.15. The van der Waals surface area contributed by atoms with E-state index in [1.54, 1.807) is 11.3 Å². The van der Waals surface area contributed by atoms with Crippen LogP contribution in [0, 0.1) is 5.92 Å². The normalized spacial score (nSPS) is 13.6. The molecule has 1 atom stereocenters.